The van der Waals surface area contributed by atoms with Gasteiger partial charge in [0.15, 0.2) is 6.19 Å². The van der Waals surface area contributed by atoms with E-state index in [4.69, 9.17) is 10.00 Å². The van der Waals surface area contributed by atoms with Crippen molar-refractivity contribution in [3.05, 3.63) is 35.2 Å². The zero-order valence-electron chi connectivity index (χ0n) is 14.3. The van der Waals surface area contributed by atoms with Gasteiger partial charge in [0.2, 0.25) is 0 Å². The molecule has 0 spiro atoms. The number of nitriles is 1. The van der Waals surface area contributed by atoms with Crippen LogP contribution in [0.3, 0.4) is 0 Å². The van der Waals surface area contributed by atoms with Gasteiger partial charge in [0, 0.05) is 18.2 Å². The molecule has 1 N–H and O–H groups in total. The van der Waals surface area contributed by atoms with Crippen LogP contribution < -0.4 is 5.32 Å². The largest absolute Gasteiger partial charge is 0.450 e. The summed E-state index contributed by atoms with van der Waals surface area (Å²) in [5.41, 5.74) is 0.958. The maximum absolute atomic E-state index is 12.4. The van der Waals surface area contributed by atoms with E-state index >= 15 is 0 Å². The second-order valence-corrected chi connectivity index (χ2v) is 6.56. The lowest BCUT2D eigenvalue weighted by Crippen LogP contribution is -2.47. The normalized spacial score (nSPS) is 11.6. The molecule has 1 aromatic carbocycles. The molecule has 2 aromatic rings. The Balaban J connectivity index is 2.15. The predicted molar refractivity (Wildman–Crippen MR) is 97.1 cm³/mol. The number of hydrogen-bond donors (Lipinski definition) is 1. The molecule has 0 radical (unpaired) electrons. The Kier molecular flexibility index (Phi) is 6.78. The molecular weight excluding hydrogens is 338 g/mol. The summed E-state index contributed by atoms with van der Waals surface area (Å²) in [6.45, 7) is 2.30. The molecule has 1 heterocycles. The summed E-state index contributed by atoms with van der Waals surface area (Å²) in [6.07, 6.45) is 3.12. The third kappa shape index (κ3) is 4.94. The quantitative estimate of drug-likeness (QED) is 0.467. The number of rotatable bonds is 7. The van der Waals surface area contributed by atoms with Crippen LogP contribution in [0.5, 0.6) is 0 Å². The molecule has 0 saturated carbocycles. The number of carbonyl (C=O) groups excluding carboxylic acids is 2. The number of amides is 2. The number of carbonyl (C=O) groups is 2. The van der Waals surface area contributed by atoms with Crippen molar-refractivity contribution in [1.29, 1.82) is 5.26 Å². The maximum atomic E-state index is 12.4. The van der Waals surface area contributed by atoms with Gasteiger partial charge in [-0.25, -0.2) is 4.79 Å². The molecule has 1 unspecified atom stereocenters. The van der Waals surface area contributed by atoms with Gasteiger partial charge in [-0.1, -0.05) is 31.5 Å². The van der Waals surface area contributed by atoms with Crippen LogP contribution in [0.4, 0.5) is 4.79 Å². The molecule has 1 atom stereocenters. The summed E-state index contributed by atoms with van der Waals surface area (Å²) in [5, 5.41) is 14.6. The van der Waals surface area contributed by atoms with Crippen LogP contribution in [0.25, 0.3) is 10.1 Å². The molecule has 7 heteroatoms. The minimum absolute atomic E-state index is 0.303. The van der Waals surface area contributed by atoms with E-state index in [0.29, 0.717) is 13.0 Å². The van der Waals surface area contributed by atoms with Gasteiger partial charge in [-0.05, 0) is 28.8 Å². The first-order chi connectivity index (χ1) is 12.1. The van der Waals surface area contributed by atoms with Crippen molar-refractivity contribution in [1.82, 2.24) is 10.2 Å². The number of ether oxygens (including phenoxy) is 1. The van der Waals surface area contributed by atoms with Crippen molar-refractivity contribution < 1.29 is 14.3 Å². The summed E-state index contributed by atoms with van der Waals surface area (Å²) < 4.78 is 6.20. The lowest BCUT2D eigenvalue weighted by atomic mass is 10.0. The van der Waals surface area contributed by atoms with E-state index in [1.165, 1.54) is 7.05 Å². The van der Waals surface area contributed by atoms with Gasteiger partial charge in [-0.2, -0.15) is 5.26 Å². The fraction of sp³-hybridized carbons (Fsp3) is 0.389. The van der Waals surface area contributed by atoms with Gasteiger partial charge >= 0.3 is 6.09 Å². The van der Waals surface area contributed by atoms with Gasteiger partial charge in [0.25, 0.3) is 5.91 Å². The smallest absolute Gasteiger partial charge is 0.407 e. The Bertz CT molecular complexity index is 781. The highest BCUT2D eigenvalue weighted by Gasteiger charge is 2.26. The number of benzene rings is 1. The fourth-order valence-corrected chi connectivity index (χ4v) is 3.36. The third-order valence-electron chi connectivity index (χ3n) is 3.79. The highest BCUT2D eigenvalue weighted by atomic mass is 32.1. The minimum Gasteiger partial charge on any atom is -0.450 e. The predicted octanol–water partition coefficient (Wildman–Crippen LogP) is 3.28. The van der Waals surface area contributed by atoms with Crippen molar-refractivity contribution >= 4 is 33.4 Å². The number of fused-ring (bicyclic) bond motifs is 1. The van der Waals surface area contributed by atoms with Crippen LogP contribution in [0.1, 0.15) is 25.3 Å². The lowest BCUT2D eigenvalue weighted by Gasteiger charge is -2.19. The van der Waals surface area contributed by atoms with E-state index in [0.717, 1.165) is 33.4 Å². The molecule has 0 bridgehead atoms. The molecule has 132 valence electrons. The van der Waals surface area contributed by atoms with Crippen molar-refractivity contribution in [3.63, 3.8) is 0 Å². The maximum Gasteiger partial charge on any atom is 0.407 e. The van der Waals surface area contributed by atoms with E-state index in [1.807, 2.05) is 36.6 Å². The highest BCUT2D eigenvalue weighted by Crippen LogP contribution is 2.26. The van der Waals surface area contributed by atoms with Gasteiger partial charge in [-0.15, -0.1) is 11.3 Å². The van der Waals surface area contributed by atoms with Crippen molar-refractivity contribution in [2.75, 3.05) is 13.7 Å². The van der Waals surface area contributed by atoms with E-state index < -0.39 is 18.0 Å². The van der Waals surface area contributed by atoms with Crippen LogP contribution in [-0.2, 0) is 16.0 Å². The molecule has 0 aliphatic heterocycles. The lowest BCUT2D eigenvalue weighted by molar-refractivity contribution is -0.129. The van der Waals surface area contributed by atoms with Gasteiger partial charge in [-0.3, -0.25) is 9.69 Å². The topological polar surface area (TPSA) is 82.4 Å². The van der Waals surface area contributed by atoms with Crippen molar-refractivity contribution in [2.45, 2.75) is 32.2 Å². The van der Waals surface area contributed by atoms with E-state index in [2.05, 4.69) is 5.32 Å². The molecule has 0 aliphatic rings. The number of nitrogens with one attached hydrogen (secondary N) is 1. The summed E-state index contributed by atoms with van der Waals surface area (Å²) in [7, 11) is 1.38. The number of nitrogens with zero attached hydrogens (tertiary/aromatic N) is 2. The minimum atomic E-state index is -0.850. The molecule has 2 amide bonds. The van der Waals surface area contributed by atoms with E-state index in [9.17, 15) is 9.59 Å². The fourth-order valence-electron chi connectivity index (χ4n) is 2.39. The summed E-state index contributed by atoms with van der Waals surface area (Å²) in [4.78, 5) is 25.3. The first kappa shape index (κ1) is 18.7. The number of likely N-dealkylation sites (N-methyl/N-ethyl adjacent to an activating group) is 1. The van der Waals surface area contributed by atoms with Crippen LogP contribution in [0, 0.1) is 11.5 Å². The Morgan fingerprint density at radius 1 is 1.40 bits per heavy atom. The van der Waals surface area contributed by atoms with Gasteiger partial charge in [0.05, 0.1) is 6.61 Å². The number of alkyl carbamates (subject to hydrolysis) is 1. The summed E-state index contributed by atoms with van der Waals surface area (Å²) in [5.74, 6) is -0.467. The highest BCUT2D eigenvalue weighted by molar-refractivity contribution is 7.17. The average Bonchev–Trinajstić information content (AvgIpc) is 3.03. The summed E-state index contributed by atoms with van der Waals surface area (Å²) >= 11 is 1.58. The molecule has 0 aliphatic carbocycles. The SMILES string of the molecule is CCCCOC(=O)NC(Cc1csc2ccccc12)C(=O)N(C)C#N. The van der Waals surface area contributed by atoms with Crippen LogP contribution in [0.2, 0.25) is 0 Å². The molecule has 2 rings (SSSR count). The average molecular weight is 359 g/mol. The first-order valence-electron chi connectivity index (χ1n) is 8.12. The zero-order chi connectivity index (χ0) is 18.2. The first-order valence-corrected chi connectivity index (χ1v) is 9.00. The van der Waals surface area contributed by atoms with Crippen molar-refractivity contribution in [3.8, 4) is 6.19 Å². The Morgan fingerprint density at radius 2 is 2.16 bits per heavy atom. The number of thiophene rings is 1. The van der Waals surface area contributed by atoms with Crippen LogP contribution in [0.15, 0.2) is 29.6 Å². The van der Waals surface area contributed by atoms with Gasteiger partial charge in [0.1, 0.15) is 6.04 Å². The Labute approximate surface area is 151 Å². The number of hydrogen-bond acceptors (Lipinski definition) is 5. The van der Waals surface area contributed by atoms with E-state index in [-0.39, 0.29) is 0 Å². The zero-order valence-corrected chi connectivity index (χ0v) is 15.1. The summed E-state index contributed by atoms with van der Waals surface area (Å²) in [6, 6.07) is 7.03. The molecule has 1 aromatic heterocycles. The van der Waals surface area contributed by atoms with Crippen molar-refractivity contribution in [2.24, 2.45) is 0 Å². The van der Waals surface area contributed by atoms with Crippen LogP contribution in [-0.4, -0.2) is 36.6 Å². The molecular formula is C18H21N3O3S. The molecule has 0 saturated heterocycles. The monoisotopic (exact) mass is 359 g/mol. The standard InChI is InChI=1S/C18H21N3O3S/c1-3-4-9-24-18(23)20-15(17(22)21(2)12-19)10-13-11-25-16-8-6-5-7-14(13)16/h5-8,11,15H,3-4,9-10H2,1-2H3,(H,20,23). The molecule has 0 fully saturated rings. The van der Waals surface area contributed by atoms with Gasteiger partial charge < -0.3 is 10.1 Å². The Morgan fingerprint density at radius 3 is 2.88 bits per heavy atom. The second-order valence-electron chi connectivity index (χ2n) is 5.64. The third-order valence-corrected chi connectivity index (χ3v) is 4.80. The van der Waals surface area contributed by atoms with Crippen LogP contribution >= 0.6 is 11.3 Å². The molecule has 25 heavy (non-hydrogen) atoms. The number of unbranched alkanes of at least 4 members (excludes halogenated alkanes) is 1. The Hall–Kier alpha value is -2.59. The van der Waals surface area contributed by atoms with E-state index in [1.54, 1.807) is 17.5 Å². The second kappa shape index (κ2) is 9.04. The molecule has 6 nitrogen and oxygen atoms in total.